The van der Waals surface area contributed by atoms with E-state index in [1.807, 2.05) is 0 Å². The Morgan fingerprint density at radius 2 is 1.54 bits per heavy atom. The summed E-state index contributed by atoms with van der Waals surface area (Å²) in [4.78, 5) is 10.6. The van der Waals surface area contributed by atoms with Crippen molar-refractivity contribution in [3.8, 4) is 0 Å². The van der Waals surface area contributed by atoms with Crippen molar-refractivity contribution in [3.05, 3.63) is 0 Å². The van der Waals surface area contributed by atoms with Gasteiger partial charge >= 0.3 is 5.97 Å². The predicted octanol–water partition coefficient (Wildman–Crippen LogP) is 2.43. The second kappa shape index (κ2) is 7.17. The van der Waals surface area contributed by atoms with Crippen LogP contribution in [0, 0.1) is 35.5 Å². The minimum atomic E-state index is -0.443. The number of cyclic esters (lactones) is 1. The Kier molecular flexibility index (Phi) is 5.64. The molecular weight excluding hydrogens is 653 g/mol. The van der Waals surface area contributed by atoms with Gasteiger partial charge in [-0.25, -0.2) is 0 Å². The number of ether oxygens (including phenoxy) is 3. The average molecular weight is 674 g/mol. The summed E-state index contributed by atoms with van der Waals surface area (Å²) in [6.07, 6.45) is 0.115. The molecule has 8 heteroatoms. The van der Waals surface area contributed by atoms with Gasteiger partial charge in [-0.15, -0.1) is 0 Å². The largest absolute Gasteiger partial charge is 0.465 e. The summed E-state index contributed by atoms with van der Waals surface area (Å²) in [7, 11) is 0. The van der Waals surface area contributed by atoms with E-state index in [-0.39, 0.29) is 11.9 Å². The third-order valence-corrected chi connectivity index (χ3v) is 11.1. The Balaban J connectivity index is 0.0000000911. The smallest absolute Gasteiger partial charge is 0.310 e. The normalized spacial score (nSPS) is 57.4. The lowest BCUT2D eigenvalue weighted by Crippen LogP contribution is -2.11. The molecule has 6 fully saturated rings. The highest BCUT2D eigenvalue weighted by atomic mass is 127. The summed E-state index contributed by atoms with van der Waals surface area (Å²) in [5.41, 5.74) is 0. The molecule has 11 atom stereocenters. The molecule has 0 aromatic rings. The number of aliphatic hydroxyl groups excluding tert-OH is 1. The maximum Gasteiger partial charge on any atom is 0.310 e. The minimum Gasteiger partial charge on any atom is -0.465 e. The number of alkyl halides is 3. The van der Waals surface area contributed by atoms with Crippen molar-refractivity contribution in [1.82, 2.24) is 0 Å². The number of hydrogen-bond donors (Lipinski definition) is 1. The molecule has 3 saturated heterocycles. The molecule has 6 aliphatic rings. The van der Waals surface area contributed by atoms with Crippen molar-refractivity contribution < 1.29 is 24.1 Å². The molecule has 0 aromatic carbocycles. The van der Waals surface area contributed by atoms with Crippen LogP contribution in [0.4, 0.5) is 0 Å². The zero-order valence-electron chi connectivity index (χ0n) is 13.2. The zero-order chi connectivity index (χ0) is 17.2. The van der Waals surface area contributed by atoms with Gasteiger partial charge in [0.15, 0.2) is 6.29 Å². The van der Waals surface area contributed by atoms with Crippen LogP contribution in [0.15, 0.2) is 0 Å². The highest BCUT2D eigenvalue weighted by Crippen LogP contribution is 2.53. The van der Waals surface area contributed by atoms with Crippen LogP contribution < -0.4 is 0 Å². The van der Waals surface area contributed by atoms with Gasteiger partial charge in [0, 0.05) is 41.4 Å². The van der Waals surface area contributed by atoms with E-state index in [0.717, 1.165) is 29.0 Å². The van der Waals surface area contributed by atoms with Gasteiger partial charge in [-0.1, -0.05) is 67.8 Å². The molecule has 0 spiro atoms. The standard InChI is InChI=1S/C6H9IO.C5H7IO2.C5H5IO2/c1-3-5-4(2-8-3)6(5)7;2*6-4-2-1-8-5(7)3(2)4/h3-6H,2H2,1H3;2-5,7H,1H2;2-4H,1H2/t3-,4+,5-,6+;2-,3+,4-,5-;2-,3+,4-/m100/s1. The van der Waals surface area contributed by atoms with E-state index >= 15 is 0 Å². The van der Waals surface area contributed by atoms with Crippen LogP contribution in [-0.2, 0) is 19.0 Å². The van der Waals surface area contributed by atoms with Crippen LogP contribution in [0.1, 0.15) is 6.92 Å². The molecule has 0 radical (unpaired) electrons. The Morgan fingerprint density at radius 1 is 0.917 bits per heavy atom. The summed E-state index contributed by atoms with van der Waals surface area (Å²) in [6.45, 7) is 4.67. The van der Waals surface area contributed by atoms with Crippen molar-refractivity contribution in [1.29, 1.82) is 0 Å². The summed E-state index contributed by atoms with van der Waals surface area (Å²) >= 11 is 7.21. The van der Waals surface area contributed by atoms with Crippen LogP contribution in [-0.4, -0.2) is 55.1 Å². The molecule has 0 aromatic heterocycles. The quantitative estimate of drug-likeness (QED) is 0.243. The van der Waals surface area contributed by atoms with Crippen LogP contribution in [0.3, 0.4) is 0 Å². The van der Waals surface area contributed by atoms with Crippen LogP contribution >= 0.6 is 67.8 Å². The van der Waals surface area contributed by atoms with Crippen molar-refractivity contribution in [2.75, 3.05) is 19.8 Å². The minimum absolute atomic E-state index is 0.0226. The zero-order valence-corrected chi connectivity index (χ0v) is 19.7. The maximum atomic E-state index is 10.6. The van der Waals surface area contributed by atoms with Gasteiger partial charge in [0.1, 0.15) is 0 Å². The Hall–Kier alpha value is 1.54. The van der Waals surface area contributed by atoms with E-state index in [0.29, 0.717) is 38.3 Å². The molecule has 5 nitrogen and oxygen atoms in total. The SMILES string of the molecule is C[C@H]1OC[C@@H]2[C@H](I)[C@@H]21.O=C1OC[C@@H]2[C@H](I)[C@H]12.O[C@H]1OC[C@@H]2[C@H](I)[C@@H]21. The fourth-order valence-electron chi connectivity index (χ4n) is 3.90. The van der Waals surface area contributed by atoms with E-state index < -0.39 is 6.29 Å². The van der Waals surface area contributed by atoms with Gasteiger partial charge < -0.3 is 19.3 Å². The topological polar surface area (TPSA) is 65.0 Å². The lowest BCUT2D eigenvalue weighted by atomic mass is 10.3. The van der Waals surface area contributed by atoms with Gasteiger partial charge in [-0.2, -0.15) is 0 Å². The summed E-state index contributed by atoms with van der Waals surface area (Å²) < 4.78 is 17.3. The third kappa shape index (κ3) is 3.49. The number of halogens is 3. The van der Waals surface area contributed by atoms with Crippen LogP contribution in [0.5, 0.6) is 0 Å². The molecule has 0 bridgehead atoms. The van der Waals surface area contributed by atoms with E-state index in [9.17, 15) is 4.79 Å². The van der Waals surface area contributed by atoms with Crippen molar-refractivity contribution in [3.63, 3.8) is 0 Å². The molecule has 3 heterocycles. The van der Waals surface area contributed by atoms with E-state index in [1.165, 1.54) is 0 Å². The molecule has 3 aliphatic carbocycles. The molecular formula is C16H21I3O5. The molecule has 1 N–H and O–H groups in total. The first kappa shape index (κ1) is 18.9. The molecule has 136 valence electrons. The Labute approximate surface area is 182 Å². The van der Waals surface area contributed by atoms with Gasteiger partial charge in [-0.05, 0) is 6.92 Å². The molecule has 0 amide bonds. The molecule has 3 saturated carbocycles. The van der Waals surface area contributed by atoms with Gasteiger partial charge in [-0.3, -0.25) is 4.79 Å². The van der Waals surface area contributed by atoms with E-state index in [4.69, 9.17) is 19.3 Å². The highest BCUT2D eigenvalue weighted by molar-refractivity contribution is 14.1. The van der Waals surface area contributed by atoms with Gasteiger partial charge in [0.05, 0.1) is 31.8 Å². The summed E-state index contributed by atoms with van der Waals surface area (Å²) in [5.74, 6) is 3.84. The number of rotatable bonds is 0. The number of esters is 1. The predicted molar refractivity (Wildman–Crippen MR) is 113 cm³/mol. The van der Waals surface area contributed by atoms with E-state index in [2.05, 4.69) is 74.7 Å². The van der Waals surface area contributed by atoms with Gasteiger partial charge in [0.2, 0.25) is 0 Å². The van der Waals surface area contributed by atoms with Gasteiger partial charge in [0.25, 0.3) is 0 Å². The lowest BCUT2D eigenvalue weighted by molar-refractivity contribution is -0.140. The first-order valence-corrected chi connectivity index (χ1v) is 12.2. The maximum absolute atomic E-state index is 10.6. The monoisotopic (exact) mass is 674 g/mol. The fraction of sp³-hybridized carbons (Fsp3) is 0.938. The average Bonchev–Trinajstić information content (AvgIpc) is 3.34. The van der Waals surface area contributed by atoms with Crippen LogP contribution in [0.2, 0.25) is 0 Å². The summed E-state index contributed by atoms with van der Waals surface area (Å²) in [6, 6.07) is 0. The third-order valence-electron chi connectivity index (χ3n) is 5.91. The van der Waals surface area contributed by atoms with Crippen molar-refractivity contribution >= 4 is 73.7 Å². The second-order valence-corrected chi connectivity index (χ2v) is 11.7. The highest BCUT2D eigenvalue weighted by Gasteiger charge is 2.59. The Bertz CT molecular complexity index is 488. The van der Waals surface area contributed by atoms with Crippen molar-refractivity contribution in [2.45, 2.75) is 31.1 Å². The van der Waals surface area contributed by atoms with E-state index in [1.54, 1.807) is 0 Å². The molecule has 6 rings (SSSR count). The second-order valence-electron chi connectivity index (χ2n) is 7.40. The molecule has 24 heavy (non-hydrogen) atoms. The first-order chi connectivity index (χ1) is 11.4. The number of fused-ring (bicyclic) bond motifs is 3. The number of aliphatic hydroxyl groups is 1. The first-order valence-electron chi connectivity index (χ1n) is 8.42. The van der Waals surface area contributed by atoms with Crippen molar-refractivity contribution in [2.24, 2.45) is 35.5 Å². The lowest BCUT2D eigenvalue weighted by Gasteiger charge is -2.04. The molecule has 0 unspecified atom stereocenters. The number of carbonyl (C=O) groups is 1. The van der Waals surface area contributed by atoms with Crippen LogP contribution in [0.25, 0.3) is 0 Å². The number of hydrogen-bond acceptors (Lipinski definition) is 5. The summed E-state index contributed by atoms with van der Waals surface area (Å²) in [5, 5.41) is 8.98. The number of carbonyl (C=O) groups excluding carboxylic acids is 1. The fourth-order valence-corrected chi connectivity index (χ4v) is 8.04. The molecule has 3 aliphatic heterocycles. The Morgan fingerprint density at radius 3 is 1.79 bits per heavy atom.